The number of ether oxygens (including phenoxy) is 1. The maximum atomic E-state index is 12.5. The lowest BCUT2D eigenvalue weighted by atomic mass is 9.68. The molecule has 2 aromatic rings. The molecule has 0 aliphatic carbocycles. The zero-order chi connectivity index (χ0) is 21.3. The number of aliphatic hydroxyl groups is 1. The van der Waals surface area contributed by atoms with E-state index in [1.807, 2.05) is 32.0 Å². The molecule has 3 atom stereocenters. The molecule has 30 heavy (non-hydrogen) atoms. The lowest BCUT2D eigenvalue weighted by molar-refractivity contribution is -0.129. The first-order valence-electron chi connectivity index (χ1n) is 10.8. The standard InChI is InChI=1S/C24H31N3O3/c1-16-11-21(27-9-4-10-27)12-22(26-16)30-15-18-5-7-19(8-6-18)17(2)24(3)20(14-28)13-25-23(24)29/h5-8,11-12,17,20,28H,4,9-10,13-15H2,1-3H3,(H,25,29)/t17-,20-,24-/m1/s1. The summed E-state index contributed by atoms with van der Waals surface area (Å²) >= 11 is 0. The van der Waals surface area contributed by atoms with Crippen LogP contribution in [-0.4, -0.2) is 42.2 Å². The zero-order valence-electron chi connectivity index (χ0n) is 18.0. The molecule has 0 saturated carbocycles. The Labute approximate surface area is 178 Å². The highest BCUT2D eigenvalue weighted by Gasteiger charge is 2.50. The highest BCUT2D eigenvalue weighted by atomic mass is 16.5. The van der Waals surface area contributed by atoms with Gasteiger partial charge >= 0.3 is 0 Å². The molecule has 4 rings (SSSR count). The number of carbonyl (C=O) groups excluding carboxylic acids is 1. The third-order valence-corrected chi connectivity index (χ3v) is 6.97. The maximum Gasteiger partial charge on any atom is 0.226 e. The second kappa shape index (κ2) is 8.26. The third kappa shape index (κ3) is 3.76. The number of pyridine rings is 1. The van der Waals surface area contributed by atoms with Crippen LogP contribution in [0.25, 0.3) is 0 Å². The van der Waals surface area contributed by atoms with Crippen LogP contribution in [0.2, 0.25) is 0 Å². The van der Waals surface area contributed by atoms with E-state index in [4.69, 9.17) is 4.74 Å². The monoisotopic (exact) mass is 409 g/mol. The summed E-state index contributed by atoms with van der Waals surface area (Å²) in [7, 11) is 0. The molecular weight excluding hydrogens is 378 g/mol. The molecule has 0 radical (unpaired) electrons. The molecule has 2 N–H and O–H groups in total. The number of nitrogens with one attached hydrogen (secondary N) is 1. The first kappa shape index (κ1) is 20.7. The van der Waals surface area contributed by atoms with Gasteiger partial charge in [-0.3, -0.25) is 4.79 Å². The number of aliphatic hydroxyl groups excluding tert-OH is 1. The van der Waals surface area contributed by atoms with Gasteiger partial charge in [0.15, 0.2) is 0 Å². The van der Waals surface area contributed by atoms with Crippen LogP contribution < -0.4 is 15.0 Å². The molecule has 3 heterocycles. The number of aryl methyl sites for hydroxylation is 1. The number of carbonyl (C=O) groups is 1. The minimum Gasteiger partial charge on any atom is -0.473 e. The Hall–Kier alpha value is -2.60. The SMILES string of the molecule is Cc1cc(N2CCC2)cc(OCc2ccc([C@@H](C)[C@@]3(C)C(=O)NC[C@@H]3CO)cc2)n1. The van der Waals surface area contributed by atoms with Gasteiger partial charge < -0.3 is 20.1 Å². The van der Waals surface area contributed by atoms with Crippen molar-refractivity contribution in [3.8, 4) is 5.88 Å². The van der Waals surface area contributed by atoms with Crippen molar-refractivity contribution in [2.24, 2.45) is 11.3 Å². The van der Waals surface area contributed by atoms with Gasteiger partial charge in [-0.05, 0) is 43.4 Å². The summed E-state index contributed by atoms with van der Waals surface area (Å²) in [4.78, 5) is 19.3. The van der Waals surface area contributed by atoms with Crippen molar-refractivity contribution in [3.63, 3.8) is 0 Å². The fourth-order valence-corrected chi connectivity index (χ4v) is 4.47. The Balaban J connectivity index is 1.43. The van der Waals surface area contributed by atoms with E-state index in [0.29, 0.717) is 19.0 Å². The Morgan fingerprint density at radius 1 is 1.30 bits per heavy atom. The van der Waals surface area contributed by atoms with Crippen LogP contribution in [-0.2, 0) is 11.4 Å². The summed E-state index contributed by atoms with van der Waals surface area (Å²) in [5, 5.41) is 12.6. The Bertz CT molecular complexity index is 910. The second-order valence-corrected chi connectivity index (χ2v) is 8.77. The Kier molecular flexibility index (Phi) is 5.69. The van der Waals surface area contributed by atoms with E-state index in [0.717, 1.165) is 29.9 Å². The summed E-state index contributed by atoms with van der Waals surface area (Å²) in [6.45, 7) is 9.18. The Morgan fingerprint density at radius 2 is 2.03 bits per heavy atom. The molecule has 1 amide bonds. The first-order valence-corrected chi connectivity index (χ1v) is 10.8. The minimum absolute atomic E-state index is 0.00430. The van der Waals surface area contributed by atoms with Crippen molar-refractivity contribution in [2.75, 3.05) is 31.1 Å². The van der Waals surface area contributed by atoms with Crippen molar-refractivity contribution < 1.29 is 14.6 Å². The zero-order valence-corrected chi connectivity index (χ0v) is 18.0. The molecule has 6 heteroatoms. The molecule has 2 aliphatic heterocycles. The van der Waals surface area contributed by atoms with Gasteiger partial charge in [0.2, 0.25) is 11.8 Å². The van der Waals surface area contributed by atoms with Gasteiger partial charge in [-0.2, -0.15) is 0 Å². The van der Waals surface area contributed by atoms with Crippen LogP contribution in [0.15, 0.2) is 36.4 Å². The van der Waals surface area contributed by atoms with E-state index in [1.165, 1.54) is 12.1 Å². The fraction of sp³-hybridized carbons (Fsp3) is 0.500. The number of amides is 1. The summed E-state index contributed by atoms with van der Waals surface area (Å²) < 4.78 is 5.97. The van der Waals surface area contributed by atoms with E-state index < -0.39 is 5.41 Å². The molecule has 6 nitrogen and oxygen atoms in total. The van der Waals surface area contributed by atoms with E-state index >= 15 is 0 Å². The molecule has 0 spiro atoms. The third-order valence-electron chi connectivity index (χ3n) is 6.97. The van der Waals surface area contributed by atoms with Crippen LogP contribution in [0.3, 0.4) is 0 Å². The van der Waals surface area contributed by atoms with Crippen LogP contribution in [0.4, 0.5) is 5.69 Å². The lowest BCUT2D eigenvalue weighted by Gasteiger charge is -2.34. The van der Waals surface area contributed by atoms with Gasteiger partial charge in [0.1, 0.15) is 6.61 Å². The van der Waals surface area contributed by atoms with Gasteiger partial charge in [-0.15, -0.1) is 0 Å². The highest BCUT2D eigenvalue weighted by molar-refractivity contribution is 5.86. The predicted octanol–water partition coefficient (Wildman–Crippen LogP) is 3.03. The van der Waals surface area contributed by atoms with Gasteiger partial charge in [-0.1, -0.05) is 31.2 Å². The largest absolute Gasteiger partial charge is 0.473 e. The van der Waals surface area contributed by atoms with Gasteiger partial charge in [0, 0.05) is 49.6 Å². The molecule has 2 aliphatic rings. The van der Waals surface area contributed by atoms with Crippen LogP contribution in [0.1, 0.15) is 43.0 Å². The number of anilines is 1. The van der Waals surface area contributed by atoms with E-state index in [9.17, 15) is 9.90 Å². The predicted molar refractivity (Wildman–Crippen MR) is 117 cm³/mol. The average Bonchev–Trinajstić information content (AvgIpc) is 2.99. The van der Waals surface area contributed by atoms with Crippen molar-refractivity contribution >= 4 is 11.6 Å². The topological polar surface area (TPSA) is 74.7 Å². The summed E-state index contributed by atoms with van der Waals surface area (Å²) in [5.74, 6) is 0.598. The van der Waals surface area contributed by atoms with Crippen molar-refractivity contribution in [3.05, 3.63) is 53.2 Å². The smallest absolute Gasteiger partial charge is 0.226 e. The van der Waals surface area contributed by atoms with Crippen molar-refractivity contribution in [1.82, 2.24) is 10.3 Å². The quantitative estimate of drug-likeness (QED) is 0.735. The minimum atomic E-state index is -0.606. The molecule has 1 aromatic carbocycles. The van der Waals surface area contributed by atoms with E-state index in [-0.39, 0.29) is 24.3 Å². The lowest BCUT2D eigenvalue weighted by Crippen LogP contribution is -2.38. The number of benzene rings is 1. The molecule has 160 valence electrons. The molecule has 1 aromatic heterocycles. The molecule has 2 fully saturated rings. The molecular formula is C24H31N3O3. The summed E-state index contributed by atoms with van der Waals surface area (Å²) in [6, 6.07) is 12.3. The van der Waals surface area contributed by atoms with E-state index in [1.54, 1.807) is 0 Å². The van der Waals surface area contributed by atoms with E-state index in [2.05, 4.69) is 40.3 Å². The first-order chi connectivity index (χ1) is 14.4. The average molecular weight is 410 g/mol. The molecule has 0 bridgehead atoms. The number of rotatable bonds is 7. The normalized spacial score (nSPS) is 24.3. The van der Waals surface area contributed by atoms with Crippen LogP contribution in [0.5, 0.6) is 5.88 Å². The maximum absolute atomic E-state index is 12.5. The summed E-state index contributed by atoms with van der Waals surface area (Å²) in [5.41, 5.74) is 3.67. The molecule has 0 unspecified atom stereocenters. The van der Waals surface area contributed by atoms with Crippen LogP contribution >= 0.6 is 0 Å². The second-order valence-electron chi connectivity index (χ2n) is 8.77. The molecule has 2 saturated heterocycles. The van der Waals surface area contributed by atoms with Crippen molar-refractivity contribution in [1.29, 1.82) is 0 Å². The number of aromatic nitrogens is 1. The number of hydrogen-bond acceptors (Lipinski definition) is 5. The number of nitrogens with zero attached hydrogens (tertiary/aromatic N) is 2. The highest BCUT2D eigenvalue weighted by Crippen LogP contribution is 2.44. The van der Waals surface area contributed by atoms with Crippen molar-refractivity contribution in [2.45, 2.75) is 39.7 Å². The van der Waals surface area contributed by atoms with Gasteiger partial charge in [-0.25, -0.2) is 4.98 Å². The Morgan fingerprint density at radius 3 is 2.67 bits per heavy atom. The number of hydrogen-bond donors (Lipinski definition) is 2. The van der Waals surface area contributed by atoms with Gasteiger partial charge in [0.05, 0.1) is 5.41 Å². The van der Waals surface area contributed by atoms with Gasteiger partial charge in [0.25, 0.3) is 0 Å². The summed E-state index contributed by atoms with van der Waals surface area (Å²) in [6.07, 6.45) is 1.24. The fourth-order valence-electron chi connectivity index (χ4n) is 4.47. The van der Waals surface area contributed by atoms with Crippen LogP contribution in [0, 0.1) is 18.3 Å².